The lowest BCUT2D eigenvalue weighted by Crippen LogP contribution is -2.52. The van der Waals surface area contributed by atoms with Crippen LogP contribution in [0.15, 0.2) is 60.7 Å². The molecule has 0 saturated carbocycles. The van der Waals surface area contributed by atoms with Crippen LogP contribution in [0, 0.1) is 0 Å². The molecule has 2 aromatic carbocycles. The molecule has 2 aliphatic rings. The number of nitrogens with zero attached hydrogens (tertiary/aromatic N) is 4. The molecule has 0 radical (unpaired) electrons. The van der Waals surface area contributed by atoms with Crippen LogP contribution in [0.2, 0.25) is 0 Å². The summed E-state index contributed by atoms with van der Waals surface area (Å²) in [4.78, 5) is 34.1. The molecular formula is C38H52Cl2N4O8. The molecule has 0 N–H and O–H groups in total. The number of benzene rings is 2. The number of ether oxygens (including phenoxy) is 6. The van der Waals surface area contributed by atoms with Gasteiger partial charge in [0.05, 0.1) is 42.7 Å². The van der Waals surface area contributed by atoms with Gasteiger partial charge in [0.15, 0.2) is 23.0 Å². The lowest BCUT2D eigenvalue weighted by atomic mass is 10.1. The summed E-state index contributed by atoms with van der Waals surface area (Å²) < 4.78 is 32.4. The molecule has 52 heavy (non-hydrogen) atoms. The van der Waals surface area contributed by atoms with E-state index in [0.717, 1.165) is 50.4 Å². The van der Waals surface area contributed by atoms with Crippen molar-refractivity contribution in [2.45, 2.75) is 0 Å². The summed E-state index contributed by atoms with van der Waals surface area (Å²) >= 11 is 0. The molecule has 2 amide bonds. The fraction of sp³-hybridized carbons (Fsp3) is 0.421. The maximum Gasteiger partial charge on any atom is 0.246 e. The standard InChI is InChI=1S/C38H50N4O8.2ClH/c1-45-31-25-29(26-32(46-2)37(31)49-5)11-7-9-13-35(43)41-21-17-39(18-22-41)15-16-40-19-23-42(24-20-40)36(44)14-10-8-12-30-27-33(47-3)38(50-6)34(28-30)48-4;;/h7-14,25-28H,15-24H2,1-6H3;2*1H. The lowest BCUT2D eigenvalue weighted by Gasteiger charge is -2.37. The molecule has 0 atom stereocenters. The van der Waals surface area contributed by atoms with E-state index in [9.17, 15) is 9.59 Å². The number of hydrogen-bond acceptors (Lipinski definition) is 10. The Morgan fingerprint density at radius 2 is 0.808 bits per heavy atom. The third-order valence-corrected chi connectivity index (χ3v) is 8.75. The van der Waals surface area contributed by atoms with Crippen LogP contribution in [0.4, 0.5) is 0 Å². The number of carbonyl (C=O) groups is 2. The van der Waals surface area contributed by atoms with E-state index in [2.05, 4.69) is 9.80 Å². The molecule has 2 saturated heterocycles. The first-order valence-corrected chi connectivity index (χ1v) is 16.7. The van der Waals surface area contributed by atoms with E-state index in [4.69, 9.17) is 28.4 Å². The van der Waals surface area contributed by atoms with Crippen molar-refractivity contribution in [1.29, 1.82) is 0 Å². The maximum absolute atomic E-state index is 12.8. The van der Waals surface area contributed by atoms with Gasteiger partial charge in [0.2, 0.25) is 23.3 Å². The van der Waals surface area contributed by atoms with Crippen molar-refractivity contribution in [3.05, 3.63) is 71.8 Å². The quantitative estimate of drug-likeness (QED) is 0.187. The summed E-state index contributed by atoms with van der Waals surface area (Å²) in [5.41, 5.74) is 1.74. The zero-order valence-corrected chi connectivity index (χ0v) is 32.5. The molecule has 286 valence electrons. The minimum Gasteiger partial charge on any atom is -0.493 e. The van der Waals surface area contributed by atoms with Gasteiger partial charge in [-0.15, -0.1) is 24.8 Å². The lowest BCUT2D eigenvalue weighted by molar-refractivity contribution is -0.128. The van der Waals surface area contributed by atoms with E-state index in [-0.39, 0.29) is 36.6 Å². The van der Waals surface area contributed by atoms with Crippen molar-refractivity contribution < 1.29 is 38.0 Å². The number of hydrogen-bond donors (Lipinski definition) is 0. The highest BCUT2D eigenvalue weighted by atomic mass is 35.5. The van der Waals surface area contributed by atoms with Crippen molar-refractivity contribution in [3.8, 4) is 34.5 Å². The molecule has 12 nitrogen and oxygen atoms in total. The van der Waals surface area contributed by atoms with Gasteiger partial charge in [0, 0.05) is 77.6 Å². The van der Waals surface area contributed by atoms with Crippen molar-refractivity contribution in [2.75, 3.05) is 108 Å². The Kier molecular flexibility index (Phi) is 19.0. The SMILES string of the molecule is COc1cc(C=CC=CC(=O)N2CCN(CCN3CCN(C(=O)C=CC=Cc4cc(OC)c(OC)c(OC)c4)CC3)CC2)cc(OC)c1OC.Cl.Cl. The number of halogens is 2. The molecule has 0 aromatic heterocycles. The smallest absolute Gasteiger partial charge is 0.246 e. The fourth-order valence-electron chi connectivity index (χ4n) is 5.88. The zero-order chi connectivity index (χ0) is 35.9. The number of allylic oxidation sites excluding steroid dienone is 4. The van der Waals surface area contributed by atoms with Crippen LogP contribution in [0.3, 0.4) is 0 Å². The van der Waals surface area contributed by atoms with E-state index in [1.807, 2.05) is 58.4 Å². The van der Waals surface area contributed by atoms with E-state index < -0.39 is 0 Å². The maximum atomic E-state index is 12.8. The summed E-state index contributed by atoms with van der Waals surface area (Å²) in [5.74, 6) is 3.38. The van der Waals surface area contributed by atoms with Gasteiger partial charge in [-0.25, -0.2) is 0 Å². The fourth-order valence-corrected chi connectivity index (χ4v) is 5.88. The number of carbonyl (C=O) groups excluding carboxylic acids is 2. The Hall–Kier alpha value is -4.36. The van der Waals surface area contributed by atoms with Crippen LogP contribution in [-0.2, 0) is 9.59 Å². The van der Waals surface area contributed by atoms with Crippen molar-refractivity contribution >= 4 is 48.8 Å². The highest BCUT2D eigenvalue weighted by Crippen LogP contribution is 2.39. The Labute approximate surface area is 320 Å². The van der Waals surface area contributed by atoms with Gasteiger partial charge in [0.25, 0.3) is 0 Å². The van der Waals surface area contributed by atoms with Crippen LogP contribution in [-0.4, -0.2) is 140 Å². The largest absolute Gasteiger partial charge is 0.493 e. The number of rotatable bonds is 15. The second-order valence-corrected chi connectivity index (χ2v) is 11.7. The van der Waals surface area contributed by atoms with E-state index in [1.54, 1.807) is 67.0 Å². The normalized spacial score (nSPS) is 15.5. The van der Waals surface area contributed by atoms with E-state index in [0.29, 0.717) is 60.7 Å². The zero-order valence-electron chi connectivity index (χ0n) is 30.9. The first-order valence-electron chi connectivity index (χ1n) is 16.7. The summed E-state index contributed by atoms with van der Waals surface area (Å²) in [6, 6.07) is 7.41. The molecule has 2 heterocycles. The minimum absolute atomic E-state index is 0. The van der Waals surface area contributed by atoms with Crippen LogP contribution in [0.1, 0.15) is 11.1 Å². The van der Waals surface area contributed by atoms with Crippen molar-refractivity contribution in [1.82, 2.24) is 19.6 Å². The predicted molar refractivity (Wildman–Crippen MR) is 209 cm³/mol. The average Bonchev–Trinajstić information content (AvgIpc) is 3.16. The Bertz CT molecular complexity index is 1400. The first-order chi connectivity index (χ1) is 24.3. The Morgan fingerprint density at radius 1 is 0.500 bits per heavy atom. The van der Waals surface area contributed by atoms with E-state index >= 15 is 0 Å². The second kappa shape index (κ2) is 22.5. The topological polar surface area (TPSA) is 102 Å². The first kappa shape index (κ1) is 43.8. The van der Waals surface area contributed by atoms with Gasteiger partial charge < -0.3 is 38.2 Å². The molecule has 0 unspecified atom stereocenters. The molecule has 2 fully saturated rings. The summed E-state index contributed by atoms with van der Waals surface area (Å²) in [6.07, 6.45) is 14.1. The molecule has 4 rings (SSSR count). The van der Waals surface area contributed by atoms with Gasteiger partial charge in [0.1, 0.15) is 0 Å². The van der Waals surface area contributed by atoms with E-state index in [1.165, 1.54) is 0 Å². The third kappa shape index (κ3) is 12.1. The summed E-state index contributed by atoms with van der Waals surface area (Å²) in [6.45, 7) is 8.03. The molecule has 0 bridgehead atoms. The number of amides is 2. The van der Waals surface area contributed by atoms with Gasteiger partial charge in [-0.2, -0.15) is 0 Å². The monoisotopic (exact) mass is 762 g/mol. The summed E-state index contributed by atoms with van der Waals surface area (Å²) in [5, 5.41) is 0. The van der Waals surface area contributed by atoms with Crippen molar-refractivity contribution in [3.63, 3.8) is 0 Å². The second-order valence-electron chi connectivity index (χ2n) is 11.7. The highest BCUT2D eigenvalue weighted by molar-refractivity contribution is 5.88. The van der Waals surface area contributed by atoms with Crippen molar-refractivity contribution in [2.24, 2.45) is 0 Å². The van der Waals surface area contributed by atoms with Crippen LogP contribution in [0.5, 0.6) is 34.5 Å². The average molecular weight is 764 g/mol. The Morgan fingerprint density at radius 3 is 1.08 bits per heavy atom. The van der Waals surface area contributed by atoms with Crippen LogP contribution in [0.25, 0.3) is 12.2 Å². The summed E-state index contributed by atoms with van der Waals surface area (Å²) in [7, 11) is 9.46. The molecule has 2 aromatic rings. The third-order valence-electron chi connectivity index (χ3n) is 8.75. The van der Waals surface area contributed by atoms with Crippen LogP contribution >= 0.6 is 24.8 Å². The molecule has 2 aliphatic heterocycles. The number of methoxy groups -OCH3 is 6. The highest BCUT2D eigenvalue weighted by Gasteiger charge is 2.23. The number of piperazine rings is 2. The van der Waals surface area contributed by atoms with Gasteiger partial charge in [-0.05, 0) is 35.4 Å². The molecule has 14 heteroatoms. The predicted octanol–water partition coefficient (Wildman–Crippen LogP) is 4.71. The van der Waals surface area contributed by atoms with Gasteiger partial charge in [-0.1, -0.05) is 36.5 Å². The van der Waals surface area contributed by atoms with Gasteiger partial charge >= 0.3 is 0 Å². The molecular weight excluding hydrogens is 711 g/mol. The minimum atomic E-state index is 0. The Balaban J connectivity index is 0.00000468. The molecule has 0 spiro atoms. The van der Waals surface area contributed by atoms with Crippen LogP contribution < -0.4 is 28.4 Å². The molecule has 0 aliphatic carbocycles. The van der Waals surface area contributed by atoms with Gasteiger partial charge in [-0.3, -0.25) is 19.4 Å².